The third-order valence-corrected chi connectivity index (χ3v) is 3.65. The molecule has 2 aromatic rings. The van der Waals surface area contributed by atoms with Crippen molar-refractivity contribution in [1.82, 2.24) is 5.32 Å². The molecule has 0 unspecified atom stereocenters. The van der Waals surface area contributed by atoms with Crippen LogP contribution in [-0.2, 0) is 17.4 Å². The van der Waals surface area contributed by atoms with Gasteiger partial charge in [0.05, 0.1) is 11.1 Å². The molecule has 2 rings (SSSR count). The van der Waals surface area contributed by atoms with Gasteiger partial charge in [-0.25, -0.2) is 0 Å². The van der Waals surface area contributed by atoms with Crippen molar-refractivity contribution in [2.45, 2.75) is 25.6 Å². The van der Waals surface area contributed by atoms with Crippen molar-refractivity contribution >= 4 is 11.8 Å². The molecule has 3 N–H and O–H groups in total. The summed E-state index contributed by atoms with van der Waals surface area (Å²) in [6.45, 7) is 1.86. The van der Waals surface area contributed by atoms with E-state index < -0.39 is 35.2 Å². The average molecular weight is 350 g/mol. The van der Waals surface area contributed by atoms with Crippen LogP contribution in [0.3, 0.4) is 0 Å². The van der Waals surface area contributed by atoms with Crippen LogP contribution in [-0.4, -0.2) is 17.9 Å². The maximum Gasteiger partial charge on any atom is 0.417 e. The molecule has 25 heavy (non-hydrogen) atoms. The summed E-state index contributed by atoms with van der Waals surface area (Å²) in [5.74, 6) is -1.82. The van der Waals surface area contributed by atoms with E-state index in [1.165, 1.54) is 12.1 Å². The lowest BCUT2D eigenvalue weighted by atomic mass is 10.0. The number of hydrogen-bond donors (Lipinski definition) is 2. The Bertz CT molecular complexity index is 788. The molecule has 2 aromatic carbocycles. The first-order chi connectivity index (χ1) is 11.7. The van der Waals surface area contributed by atoms with Gasteiger partial charge in [0.1, 0.15) is 6.04 Å². The lowest BCUT2D eigenvalue weighted by Crippen LogP contribution is -2.46. The highest BCUT2D eigenvalue weighted by Crippen LogP contribution is 2.31. The van der Waals surface area contributed by atoms with E-state index in [9.17, 15) is 22.8 Å². The number of amides is 2. The molecule has 1 atom stereocenters. The van der Waals surface area contributed by atoms with Crippen LogP contribution in [0.4, 0.5) is 13.2 Å². The Kier molecular flexibility index (Phi) is 5.46. The molecule has 0 aromatic heterocycles. The van der Waals surface area contributed by atoms with E-state index in [1.807, 2.05) is 19.1 Å². The number of halogens is 3. The minimum absolute atomic E-state index is 0.0942. The van der Waals surface area contributed by atoms with Gasteiger partial charge in [0.15, 0.2) is 0 Å². The molecule has 0 fully saturated rings. The fourth-order valence-electron chi connectivity index (χ4n) is 2.46. The zero-order valence-corrected chi connectivity index (χ0v) is 13.4. The molecule has 0 heterocycles. The number of carbonyl (C=O) groups is 2. The highest BCUT2D eigenvalue weighted by atomic mass is 19.4. The topological polar surface area (TPSA) is 72.2 Å². The van der Waals surface area contributed by atoms with E-state index in [1.54, 1.807) is 12.1 Å². The summed E-state index contributed by atoms with van der Waals surface area (Å²) in [6, 6.07) is 10.5. The fraction of sp³-hybridized carbons (Fsp3) is 0.222. The molecule has 0 aliphatic rings. The van der Waals surface area contributed by atoms with Gasteiger partial charge < -0.3 is 11.1 Å². The Morgan fingerprint density at radius 1 is 1.12 bits per heavy atom. The summed E-state index contributed by atoms with van der Waals surface area (Å²) in [7, 11) is 0. The van der Waals surface area contributed by atoms with Crippen LogP contribution >= 0.6 is 0 Å². The SMILES string of the molecule is Cc1cccc(C[C@H](NC(=O)c2ccccc2C(F)(F)F)C(N)=O)c1. The van der Waals surface area contributed by atoms with Gasteiger partial charge in [-0.1, -0.05) is 42.0 Å². The zero-order chi connectivity index (χ0) is 18.6. The Morgan fingerprint density at radius 3 is 2.40 bits per heavy atom. The first kappa shape index (κ1) is 18.5. The van der Waals surface area contributed by atoms with Crippen LogP contribution < -0.4 is 11.1 Å². The second-order valence-corrected chi connectivity index (χ2v) is 5.66. The van der Waals surface area contributed by atoms with Crippen molar-refractivity contribution < 1.29 is 22.8 Å². The standard InChI is InChI=1S/C18H17F3N2O2/c1-11-5-4-6-12(9-11)10-15(16(22)24)23-17(25)13-7-2-3-8-14(13)18(19,20)21/h2-9,15H,10H2,1H3,(H2,22,24)(H,23,25)/t15-/m0/s1. The normalized spacial score (nSPS) is 12.5. The molecule has 0 aliphatic heterocycles. The second-order valence-electron chi connectivity index (χ2n) is 5.66. The zero-order valence-electron chi connectivity index (χ0n) is 13.4. The third kappa shape index (κ3) is 4.82. The highest BCUT2D eigenvalue weighted by Gasteiger charge is 2.35. The molecule has 2 amide bonds. The summed E-state index contributed by atoms with van der Waals surface area (Å²) >= 11 is 0. The van der Waals surface area contributed by atoms with E-state index >= 15 is 0 Å². The van der Waals surface area contributed by atoms with Crippen molar-refractivity contribution in [2.75, 3.05) is 0 Å². The van der Waals surface area contributed by atoms with Crippen LogP contribution in [0.15, 0.2) is 48.5 Å². The summed E-state index contributed by atoms with van der Waals surface area (Å²) in [5.41, 5.74) is 5.38. The number of nitrogens with one attached hydrogen (secondary N) is 1. The molecule has 4 nitrogen and oxygen atoms in total. The molecular formula is C18H17F3N2O2. The number of nitrogens with two attached hydrogens (primary N) is 1. The molecule has 7 heteroatoms. The summed E-state index contributed by atoms with van der Waals surface area (Å²) in [4.78, 5) is 23.9. The molecule has 132 valence electrons. The molecule has 0 saturated heterocycles. The first-order valence-corrected chi connectivity index (χ1v) is 7.50. The predicted molar refractivity (Wildman–Crippen MR) is 86.8 cm³/mol. The van der Waals surface area contributed by atoms with Gasteiger partial charge in [0.25, 0.3) is 5.91 Å². The van der Waals surface area contributed by atoms with E-state index in [4.69, 9.17) is 5.73 Å². The maximum absolute atomic E-state index is 13.0. The Hall–Kier alpha value is -2.83. The van der Waals surface area contributed by atoms with Gasteiger partial charge in [-0.05, 0) is 24.6 Å². The lowest BCUT2D eigenvalue weighted by Gasteiger charge is -2.18. The van der Waals surface area contributed by atoms with Crippen molar-refractivity contribution in [3.05, 3.63) is 70.8 Å². The molecule has 0 radical (unpaired) electrons. The number of benzene rings is 2. The molecule has 0 spiro atoms. The molecule has 0 bridgehead atoms. The average Bonchev–Trinajstić information content (AvgIpc) is 2.53. The Morgan fingerprint density at radius 2 is 1.80 bits per heavy atom. The van der Waals surface area contributed by atoms with Crippen LogP contribution in [0.2, 0.25) is 0 Å². The van der Waals surface area contributed by atoms with Gasteiger partial charge in [0.2, 0.25) is 5.91 Å². The van der Waals surface area contributed by atoms with Gasteiger partial charge >= 0.3 is 6.18 Å². The largest absolute Gasteiger partial charge is 0.417 e. The van der Waals surface area contributed by atoms with Crippen molar-refractivity contribution in [2.24, 2.45) is 5.73 Å². The Labute approximate surface area is 142 Å². The number of aryl methyl sites for hydroxylation is 1. The van der Waals surface area contributed by atoms with Crippen molar-refractivity contribution in [3.8, 4) is 0 Å². The van der Waals surface area contributed by atoms with E-state index in [0.29, 0.717) is 0 Å². The number of hydrogen-bond acceptors (Lipinski definition) is 2. The van der Waals surface area contributed by atoms with Crippen LogP contribution in [0, 0.1) is 6.92 Å². The summed E-state index contributed by atoms with van der Waals surface area (Å²) in [6.07, 6.45) is -4.58. The molecule has 0 saturated carbocycles. The number of rotatable bonds is 5. The van der Waals surface area contributed by atoms with Crippen molar-refractivity contribution in [3.63, 3.8) is 0 Å². The van der Waals surface area contributed by atoms with Gasteiger partial charge in [-0.3, -0.25) is 9.59 Å². The second kappa shape index (κ2) is 7.38. The van der Waals surface area contributed by atoms with Crippen LogP contribution in [0.5, 0.6) is 0 Å². The van der Waals surface area contributed by atoms with Crippen molar-refractivity contribution in [1.29, 1.82) is 0 Å². The monoisotopic (exact) mass is 350 g/mol. The predicted octanol–water partition coefficient (Wildman–Crippen LogP) is 2.84. The van der Waals surface area contributed by atoms with Crippen LogP contribution in [0.1, 0.15) is 27.0 Å². The first-order valence-electron chi connectivity index (χ1n) is 7.50. The minimum atomic E-state index is -4.67. The quantitative estimate of drug-likeness (QED) is 0.870. The maximum atomic E-state index is 13.0. The molecule has 0 aliphatic carbocycles. The van der Waals surface area contributed by atoms with E-state index in [-0.39, 0.29) is 6.42 Å². The Balaban J connectivity index is 2.23. The summed E-state index contributed by atoms with van der Waals surface area (Å²) < 4.78 is 39.1. The molecular weight excluding hydrogens is 333 g/mol. The van der Waals surface area contributed by atoms with Crippen LogP contribution in [0.25, 0.3) is 0 Å². The lowest BCUT2D eigenvalue weighted by molar-refractivity contribution is -0.137. The van der Waals surface area contributed by atoms with E-state index in [2.05, 4.69) is 5.32 Å². The number of primary amides is 1. The third-order valence-electron chi connectivity index (χ3n) is 3.65. The fourth-order valence-corrected chi connectivity index (χ4v) is 2.46. The number of alkyl halides is 3. The van der Waals surface area contributed by atoms with Gasteiger partial charge in [-0.15, -0.1) is 0 Å². The summed E-state index contributed by atoms with van der Waals surface area (Å²) in [5, 5.41) is 2.30. The van der Waals surface area contributed by atoms with Gasteiger partial charge in [-0.2, -0.15) is 13.2 Å². The highest BCUT2D eigenvalue weighted by molar-refractivity contribution is 5.98. The van der Waals surface area contributed by atoms with E-state index in [0.717, 1.165) is 23.3 Å². The smallest absolute Gasteiger partial charge is 0.368 e. The minimum Gasteiger partial charge on any atom is -0.368 e. The number of carbonyl (C=O) groups excluding carboxylic acids is 2. The van der Waals surface area contributed by atoms with Gasteiger partial charge in [0, 0.05) is 6.42 Å².